The van der Waals surface area contributed by atoms with E-state index in [1.165, 1.54) is 24.1 Å². The van der Waals surface area contributed by atoms with Crippen LogP contribution in [0.4, 0.5) is 0 Å². The minimum absolute atomic E-state index is 0.183. The third-order valence-electron chi connectivity index (χ3n) is 2.30. The van der Waals surface area contributed by atoms with Crippen LogP contribution in [0.2, 0.25) is 0 Å². The van der Waals surface area contributed by atoms with Crippen molar-refractivity contribution in [1.29, 1.82) is 0 Å². The summed E-state index contributed by atoms with van der Waals surface area (Å²) in [6, 6.07) is 2.51. The number of aliphatic imine (C=N–C) groups is 1. The molecule has 7 heteroatoms. The van der Waals surface area contributed by atoms with Gasteiger partial charge in [-0.25, -0.2) is 0 Å². The quantitative estimate of drug-likeness (QED) is 0.840. The van der Waals surface area contributed by atoms with Crippen LogP contribution in [0.15, 0.2) is 27.8 Å². The molecular weight excluding hydrogens is 254 g/mol. The lowest BCUT2D eigenvalue weighted by Gasteiger charge is -2.12. The van der Waals surface area contributed by atoms with E-state index in [-0.39, 0.29) is 11.7 Å². The topological polar surface area (TPSA) is 83.7 Å². The van der Waals surface area contributed by atoms with Gasteiger partial charge in [0.2, 0.25) is 5.91 Å². The van der Waals surface area contributed by atoms with Crippen LogP contribution >= 0.6 is 11.8 Å². The Morgan fingerprint density at radius 3 is 3.00 bits per heavy atom. The van der Waals surface area contributed by atoms with E-state index in [4.69, 9.17) is 4.42 Å². The number of furan rings is 1. The Bertz CT molecular complexity index is 470. The van der Waals surface area contributed by atoms with E-state index in [1.54, 1.807) is 13.0 Å². The van der Waals surface area contributed by atoms with Gasteiger partial charge >= 0.3 is 0 Å². The molecule has 0 aromatic carbocycles. The van der Waals surface area contributed by atoms with E-state index in [0.29, 0.717) is 11.7 Å². The molecule has 0 unspecified atom stereocenters. The lowest BCUT2D eigenvalue weighted by Crippen LogP contribution is -2.45. The summed E-state index contributed by atoms with van der Waals surface area (Å²) in [6.07, 6.45) is 1.41. The van der Waals surface area contributed by atoms with Gasteiger partial charge in [-0.3, -0.25) is 14.6 Å². The van der Waals surface area contributed by atoms with Crippen molar-refractivity contribution < 1.29 is 14.0 Å². The van der Waals surface area contributed by atoms with E-state index in [9.17, 15) is 9.59 Å². The van der Waals surface area contributed by atoms with Gasteiger partial charge in [-0.05, 0) is 19.1 Å². The van der Waals surface area contributed by atoms with Crippen molar-refractivity contribution in [3.05, 3.63) is 24.2 Å². The molecule has 1 aliphatic rings. The summed E-state index contributed by atoms with van der Waals surface area (Å²) in [7, 11) is 0. The summed E-state index contributed by atoms with van der Waals surface area (Å²) in [5.41, 5.74) is 0. The fraction of sp³-hybridized carbons (Fsp3) is 0.364. The molecule has 96 valence electrons. The van der Waals surface area contributed by atoms with E-state index in [0.717, 1.165) is 5.75 Å². The Hall–Kier alpha value is -1.76. The number of rotatable bonds is 3. The number of carbonyl (C=O) groups excluding carboxylic acids is 2. The molecule has 1 aromatic rings. The summed E-state index contributed by atoms with van der Waals surface area (Å²) in [4.78, 5) is 27.5. The Morgan fingerprint density at radius 1 is 1.56 bits per heavy atom. The monoisotopic (exact) mass is 267 g/mol. The van der Waals surface area contributed by atoms with Gasteiger partial charge in [0.05, 0.1) is 12.8 Å². The van der Waals surface area contributed by atoms with Crippen molar-refractivity contribution in [1.82, 2.24) is 10.6 Å². The number of carbonyl (C=O) groups is 2. The molecule has 0 spiro atoms. The summed E-state index contributed by atoms with van der Waals surface area (Å²) in [5.74, 6) is 0.358. The van der Waals surface area contributed by atoms with Crippen molar-refractivity contribution in [2.75, 3.05) is 12.3 Å². The summed E-state index contributed by atoms with van der Waals surface area (Å²) < 4.78 is 4.94. The van der Waals surface area contributed by atoms with Gasteiger partial charge in [0, 0.05) is 5.75 Å². The highest BCUT2D eigenvalue weighted by Crippen LogP contribution is 2.09. The fourth-order valence-corrected chi connectivity index (χ4v) is 2.10. The molecule has 0 radical (unpaired) electrons. The zero-order valence-corrected chi connectivity index (χ0v) is 10.6. The number of amidine groups is 1. The molecule has 1 aromatic heterocycles. The fourth-order valence-electron chi connectivity index (χ4n) is 1.37. The SMILES string of the molecule is C[C@H](NC(=O)c1ccco1)C(=O)NC1=NCCS1. The van der Waals surface area contributed by atoms with Crippen LogP contribution in [-0.4, -0.2) is 35.3 Å². The highest BCUT2D eigenvalue weighted by Gasteiger charge is 2.20. The average Bonchev–Trinajstić information content (AvgIpc) is 3.01. The molecule has 2 amide bonds. The Labute approximate surface area is 108 Å². The first-order valence-corrected chi connectivity index (χ1v) is 6.48. The first-order valence-electron chi connectivity index (χ1n) is 5.49. The third-order valence-corrected chi connectivity index (χ3v) is 3.19. The molecule has 0 aliphatic carbocycles. The summed E-state index contributed by atoms with van der Waals surface area (Å²) >= 11 is 1.49. The molecule has 6 nitrogen and oxygen atoms in total. The van der Waals surface area contributed by atoms with Crippen LogP contribution in [0.5, 0.6) is 0 Å². The second kappa shape index (κ2) is 5.72. The molecule has 0 fully saturated rings. The lowest BCUT2D eigenvalue weighted by molar-refractivity contribution is -0.121. The Kier molecular flexibility index (Phi) is 4.03. The highest BCUT2D eigenvalue weighted by molar-refractivity contribution is 8.14. The number of hydrogen-bond donors (Lipinski definition) is 2. The van der Waals surface area contributed by atoms with Gasteiger partial charge in [0.25, 0.3) is 5.91 Å². The average molecular weight is 267 g/mol. The maximum absolute atomic E-state index is 11.8. The Morgan fingerprint density at radius 2 is 2.39 bits per heavy atom. The normalized spacial score (nSPS) is 15.9. The second-order valence-corrected chi connectivity index (χ2v) is 4.78. The highest BCUT2D eigenvalue weighted by atomic mass is 32.2. The van der Waals surface area contributed by atoms with Crippen LogP contribution in [0.1, 0.15) is 17.5 Å². The van der Waals surface area contributed by atoms with Crippen LogP contribution in [-0.2, 0) is 4.79 Å². The predicted octanol–water partition coefficient (Wildman–Crippen LogP) is 0.617. The first-order chi connectivity index (χ1) is 8.66. The maximum atomic E-state index is 11.8. The summed E-state index contributed by atoms with van der Waals surface area (Å²) in [6.45, 7) is 2.32. The molecule has 18 heavy (non-hydrogen) atoms. The number of nitrogens with one attached hydrogen (secondary N) is 2. The van der Waals surface area contributed by atoms with E-state index in [2.05, 4.69) is 15.6 Å². The van der Waals surface area contributed by atoms with Crippen molar-refractivity contribution >= 4 is 28.7 Å². The maximum Gasteiger partial charge on any atom is 0.287 e. The van der Waals surface area contributed by atoms with Crippen LogP contribution < -0.4 is 10.6 Å². The molecule has 0 bridgehead atoms. The molecule has 1 atom stereocenters. The molecular formula is C11H13N3O3S. The zero-order chi connectivity index (χ0) is 13.0. The van der Waals surface area contributed by atoms with E-state index >= 15 is 0 Å². The van der Waals surface area contributed by atoms with Gasteiger partial charge in [-0.15, -0.1) is 0 Å². The van der Waals surface area contributed by atoms with Crippen molar-refractivity contribution in [3.63, 3.8) is 0 Å². The standard InChI is InChI=1S/C11H13N3O3S/c1-7(9(15)14-11-12-4-6-18-11)13-10(16)8-3-2-5-17-8/h2-3,5,7H,4,6H2,1H3,(H,13,16)(H,12,14,15)/t7-/m0/s1. The zero-order valence-electron chi connectivity index (χ0n) is 9.80. The summed E-state index contributed by atoms with van der Waals surface area (Å²) in [5, 5.41) is 5.82. The lowest BCUT2D eigenvalue weighted by atomic mass is 10.3. The molecule has 1 aliphatic heterocycles. The minimum Gasteiger partial charge on any atom is -0.459 e. The van der Waals surface area contributed by atoms with Crippen LogP contribution in [0, 0.1) is 0 Å². The minimum atomic E-state index is -0.647. The van der Waals surface area contributed by atoms with Crippen molar-refractivity contribution in [2.24, 2.45) is 4.99 Å². The third kappa shape index (κ3) is 3.13. The van der Waals surface area contributed by atoms with Crippen molar-refractivity contribution in [2.45, 2.75) is 13.0 Å². The number of amides is 2. The van der Waals surface area contributed by atoms with Crippen LogP contribution in [0.25, 0.3) is 0 Å². The molecule has 2 heterocycles. The second-order valence-electron chi connectivity index (χ2n) is 3.70. The molecule has 2 N–H and O–H groups in total. The van der Waals surface area contributed by atoms with Gasteiger partial charge in [-0.1, -0.05) is 11.8 Å². The first kappa shape index (κ1) is 12.7. The number of hydrogen-bond acceptors (Lipinski definition) is 5. The van der Waals surface area contributed by atoms with Crippen LogP contribution in [0.3, 0.4) is 0 Å². The molecule has 0 saturated carbocycles. The van der Waals surface area contributed by atoms with Gasteiger partial charge in [0.15, 0.2) is 10.9 Å². The van der Waals surface area contributed by atoms with Gasteiger partial charge in [-0.2, -0.15) is 0 Å². The molecule has 0 saturated heterocycles. The smallest absolute Gasteiger partial charge is 0.287 e. The number of nitrogens with zero attached hydrogens (tertiary/aromatic N) is 1. The van der Waals surface area contributed by atoms with E-state index in [1.807, 2.05) is 0 Å². The largest absolute Gasteiger partial charge is 0.459 e. The number of thioether (sulfide) groups is 1. The van der Waals surface area contributed by atoms with Gasteiger partial charge < -0.3 is 15.1 Å². The van der Waals surface area contributed by atoms with Gasteiger partial charge in [0.1, 0.15) is 6.04 Å². The molecule has 2 rings (SSSR count). The predicted molar refractivity (Wildman–Crippen MR) is 68.5 cm³/mol. The van der Waals surface area contributed by atoms with E-state index < -0.39 is 11.9 Å². The van der Waals surface area contributed by atoms with Crippen molar-refractivity contribution in [3.8, 4) is 0 Å². The Balaban J connectivity index is 1.85.